The van der Waals surface area contributed by atoms with Gasteiger partial charge in [-0.25, -0.2) is 8.42 Å². The van der Waals surface area contributed by atoms with E-state index in [1.54, 1.807) is 13.8 Å². The molecule has 0 aliphatic carbocycles. The van der Waals surface area contributed by atoms with Gasteiger partial charge in [0.2, 0.25) is 0 Å². The van der Waals surface area contributed by atoms with Crippen LogP contribution in [-0.4, -0.2) is 63.0 Å². The standard InChI is InChI=1S/C16H25ClN4O2S.HI/c1-13(2)24(22,23)12-7-19-16(18)21-10-8-20(9-11-21)15-5-3-14(17)4-6-15;/h3-6,13H,7-12H2,1-2H3,(H2,18,19);1H. The zero-order valence-electron chi connectivity index (χ0n) is 14.6. The Labute approximate surface area is 172 Å². The molecule has 0 atom stereocenters. The molecule has 142 valence electrons. The molecule has 2 N–H and O–H groups in total. The van der Waals surface area contributed by atoms with E-state index in [-0.39, 0.29) is 41.5 Å². The Bertz CT molecular complexity index is 672. The van der Waals surface area contributed by atoms with Crippen LogP contribution in [0.25, 0.3) is 0 Å². The fraction of sp³-hybridized carbons (Fsp3) is 0.562. The Hall–Kier alpha value is -0.740. The van der Waals surface area contributed by atoms with Crippen molar-refractivity contribution in [3.63, 3.8) is 0 Å². The van der Waals surface area contributed by atoms with Crippen molar-refractivity contribution in [3.05, 3.63) is 29.3 Å². The molecular formula is C16H26ClIN4O2S. The van der Waals surface area contributed by atoms with E-state index in [1.807, 2.05) is 29.2 Å². The van der Waals surface area contributed by atoms with E-state index >= 15 is 0 Å². The lowest BCUT2D eigenvalue weighted by molar-refractivity contribution is 0.381. The van der Waals surface area contributed by atoms with Crippen molar-refractivity contribution in [1.29, 1.82) is 0 Å². The molecule has 0 amide bonds. The van der Waals surface area contributed by atoms with Crippen molar-refractivity contribution in [2.24, 2.45) is 10.7 Å². The molecule has 1 aromatic carbocycles. The van der Waals surface area contributed by atoms with E-state index in [0.29, 0.717) is 5.96 Å². The maximum absolute atomic E-state index is 11.8. The quantitative estimate of drug-likeness (QED) is 0.381. The molecule has 2 rings (SSSR count). The molecule has 9 heteroatoms. The number of nitrogens with two attached hydrogens (primary N) is 1. The lowest BCUT2D eigenvalue weighted by Gasteiger charge is -2.36. The Kier molecular flexibility index (Phi) is 8.76. The van der Waals surface area contributed by atoms with Gasteiger partial charge in [-0.15, -0.1) is 24.0 Å². The number of anilines is 1. The maximum atomic E-state index is 11.8. The highest BCUT2D eigenvalue weighted by Gasteiger charge is 2.19. The predicted molar refractivity (Wildman–Crippen MR) is 116 cm³/mol. The van der Waals surface area contributed by atoms with Crippen molar-refractivity contribution in [2.45, 2.75) is 19.1 Å². The molecule has 0 radical (unpaired) electrons. The molecular weight excluding hydrogens is 475 g/mol. The number of nitrogens with zero attached hydrogens (tertiary/aromatic N) is 3. The zero-order valence-corrected chi connectivity index (χ0v) is 18.5. The third kappa shape index (κ3) is 6.49. The van der Waals surface area contributed by atoms with Crippen LogP contribution >= 0.6 is 35.6 Å². The topological polar surface area (TPSA) is 79.0 Å². The van der Waals surface area contributed by atoms with Gasteiger partial charge in [0.1, 0.15) is 0 Å². The molecule has 1 aliphatic rings. The highest BCUT2D eigenvalue weighted by molar-refractivity contribution is 14.0. The van der Waals surface area contributed by atoms with Gasteiger partial charge in [-0.2, -0.15) is 0 Å². The Balaban J connectivity index is 0.00000312. The van der Waals surface area contributed by atoms with E-state index in [2.05, 4.69) is 9.89 Å². The smallest absolute Gasteiger partial charge is 0.191 e. The summed E-state index contributed by atoms with van der Waals surface area (Å²) in [6.07, 6.45) is 0. The van der Waals surface area contributed by atoms with E-state index in [9.17, 15) is 8.42 Å². The minimum atomic E-state index is -3.07. The van der Waals surface area contributed by atoms with Crippen LogP contribution in [-0.2, 0) is 9.84 Å². The number of piperazine rings is 1. The highest BCUT2D eigenvalue weighted by atomic mass is 127. The minimum absolute atomic E-state index is 0. The summed E-state index contributed by atoms with van der Waals surface area (Å²) < 4.78 is 23.5. The number of rotatable bonds is 5. The van der Waals surface area contributed by atoms with Crippen LogP contribution in [0.15, 0.2) is 29.3 Å². The van der Waals surface area contributed by atoms with Gasteiger partial charge in [-0.05, 0) is 38.1 Å². The molecule has 1 aliphatic heterocycles. The second-order valence-electron chi connectivity index (χ2n) is 6.11. The van der Waals surface area contributed by atoms with Crippen LogP contribution in [0.1, 0.15) is 13.8 Å². The summed E-state index contributed by atoms with van der Waals surface area (Å²) in [7, 11) is -3.07. The fourth-order valence-electron chi connectivity index (χ4n) is 2.47. The van der Waals surface area contributed by atoms with Gasteiger partial charge in [0.05, 0.1) is 17.5 Å². The summed E-state index contributed by atoms with van der Waals surface area (Å²) >= 11 is 5.91. The van der Waals surface area contributed by atoms with Crippen LogP contribution in [0.3, 0.4) is 0 Å². The van der Waals surface area contributed by atoms with Crippen LogP contribution in [0, 0.1) is 0 Å². The number of hydrogen-bond acceptors (Lipinski definition) is 4. The van der Waals surface area contributed by atoms with Gasteiger partial charge >= 0.3 is 0 Å². The van der Waals surface area contributed by atoms with Crippen molar-refractivity contribution in [3.8, 4) is 0 Å². The Morgan fingerprint density at radius 2 is 1.76 bits per heavy atom. The first-order valence-corrected chi connectivity index (χ1v) is 10.2. The van der Waals surface area contributed by atoms with E-state index in [4.69, 9.17) is 17.3 Å². The van der Waals surface area contributed by atoms with Gasteiger partial charge in [-0.3, -0.25) is 4.99 Å². The summed E-state index contributed by atoms with van der Waals surface area (Å²) in [5.41, 5.74) is 7.14. The zero-order chi connectivity index (χ0) is 17.7. The maximum Gasteiger partial charge on any atom is 0.191 e. The van der Waals surface area contributed by atoms with E-state index < -0.39 is 9.84 Å². The Morgan fingerprint density at radius 1 is 1.20 bits per heavy atom. The molecule has 0 bridgehead atoms. The summed E-state index contributed by atoms with van der Waals surface area (Å²) in [5.74, 6) is 0.459. The van der Waals surface area contributed by atoms with Crippen LogP contribution < -0.4 is 10.6 Å². The predicted octanol–water partition coefficient (Wildman–Crippen LogP) is 2.22. The van der Waals surface area contributed by atoms with Crippen molar-refractivity contribution in [1.82, 2.24) is 4.90 Å². The molecule has 0 saturated carbocycles. The molecule has 25 heavy (non-hydrogen) atoms. The van der Waals surface area contributed by atoms with Gasteiger partial charge in [-0.1, -0.05) is 11.6 Å². The first-order valence-electron chi connectivity index (χ1n) is 8.06. The Morgan fingerprint density at radius 3 is 2.28 bits per heavy atom. The summed E-state index contributed by atoms with van der Waals surface area (Å²) in [4.78, 5) is 8.49. The van der Waals surface area contributed by atoms with Crippen LogP contribution in [0.2, 0.25) is 5.02 Å². The monoisotopic (exact) mass is 500 g/mol. The van der Waals surface area contributed by atoms with Crippen molar-refractivity contribution in [2.75, 3.05) is 43.4 Å². The lowest BCUT2D eigenvalue weighted by Crippen LogP contribution is -2.51. The largest absolute Gasteiger partial charge is 0.370 e. The van der Waals surface area contributed by atoms with Crippen LogP contribution in [0.5, 0.6) is 0 Å². The average molecular weight is 501 g/mol. The van der Waals surface area contributed by atoms with Crippen LogP contribution in [0.4, 0.5) is 5.69 Å². The van der Waals surface area contributed by atoms with E-state index in [1.165, 1.54) is 0 Å². The molecule has 1 fully saturated rings. The number of halogens is 2. The average Bonchev–Trinajstić information content (AvgIpc) is 2.55. The molecule has 1 aromatic rings. The minimum Gasteiger partial charge on any atom is -0.370 e. The van der Waals surface area contributed by atoms with Gasteiger partial charge in [0.15, 0.2) is 15.8 Å². The second kappa shape index (κ2) is 9.82. The molecule has 0 spiro atoms. The second-order valence-corrected chi connectivity index (χ2v) is 9.22. The first-order chi connectivity index (χ1) is 11.3. The van der Waals surface area contributed by atoms with E-state index in [0.717, 1.165) is 36.9 Å². The van der Waals surface area contributed by atoms with Gasteiger partial charge < -0.3 is 15.5 Å². The highest BCUT2D eigenvalue weighted by Crippen LogP contribution is 2.19. The van der Waals surface area contributed by atoms with Gasteiger partial charge in [0, 0.05) is 36.9 Å². The number of sulfone groups is 1. The third-order valence-corrected chi connectivity index (χ3v) is 6.60. The molecule has 1 heterocycles. The molecule has 0 unspecified atom stereocenters. The third-order valence-electron chi connectivity index (χ3n) is 4.16. The van der Waals surface area contributed by atoms with Crippen molar-refractivity contribution >= 4 is 57.1 Å². The summed E-state index contributed by atoms with van der Waals surface area (Å²) in [6, 6.07) is 7.78. The number of guanidine groups is 1. The fourth-order valence-corrected chi connectivity index (χ4v) is 3.41. The molecule has 0 aromatic heterocycles. The summed E-state index contributed by atoms with van der Waals surface area (Å²) in [6.45, 7) is 6.76. The lowest BCUT2D eigenvalue weighted by atomic mass is 10.2. The number of aliphatic imine (C=N–C) groups is 1. The normalized spacial score (nSPS) is 16.1. The molecule has 6 nitrogen and oxygen atoms in total. The summed E-state index contributed by atoms with van der Waals surface area (Å²) in [5, 5.41) is 0.349. The molecule has 1 saturated heterocycles. The van der Waals surface area contributed by atoms with Crippen molar-refractivity contribution < 1.29 is 8.42 Å². The SMILES string of the molecule is CC(C)S(=O)(=O)CCN=C(N)N1CCN(c2ccc(Cl)cc2)CC1.I. The number of benzene rings is 1. The van der Waals surface area contributed by atoms with Gasteiger partial charge in [0.25, 0.3) is 0 Å². The first kappa shape index (κ1) is 22.3. The number of hydrogen-bond donors (Lipinski definition) is 1.